The lowest BCUT2D eigenvalue weighted by atomic mass is 9.98. The molecule has 1 aliphatic heterocycles. The van der Waals surface area contributed by atoms with Crippen LogP contribution in [0.2, 0.25) is 5.02 Å². The third-order valence-corrected chi connectivity index (χ3v) is 4.92. The van der Waals surface area contributed by atoms with Gasteiger partial charge in [0.15, 0.2) is 0 Å². The second-order valence-electron chi connectivity index (χ2n) is 5.84. The Bertz CT molecular complexity index is 916. The summed E-state index contributed by atoms with van der Waals surface area (Å²) in [6, 6.07) is 10.8. The molecular weight excluding hydrogens is 345 g/mol. The molecule has 3 nitrogen and oxygen atoms in total. The number of hydrogen-bond acceptors (Lipinski definition) is 2. The summed E-state index contributed by atoms with van der Waals surface area (Å²) in [5, 5.41) is 0.426. The van der Waals surface area contributed by atoms with Crippen molar-refractivity contribution in [3.63, 3.8) is 0 Å². The summed E-state index contributed by atoms with van der Waals surface area (Å²) in [6.07, 6.45) is 0. The highest BCUT2D eigenvalue weighted by Gasteiger charge is 2.40. The third-order valence-electron chi connectivity index (χ3n) is 4.16. The number of amides is 2. The Morgan fingerprint density at radius 1 is 0.917 bits per heavy atom. The summed E-state index contributed by atoms with van der Waals surface area (Å²) >= 11 is 12.4. The van der Waals surface area contributed by atoms with E-state index in [9.17, 15) is 9.59 Å². The minimum atomic E-state index is -0.526. The number of nitrogens with zero attached hydrogens (tertiary/aromatic N) is 1. The van der Waals surface area contributed by atoms with Gasteiger partial charge in [-0.05, 0) is 49.6 Å². The summed E-state index contributed by atoms with van der Waals surface area (Å²) in [5.41, 5.74) is 3.99. The first-order valence-corrected chi connectivity index (χ1v) is 8.20. The van der Waals surface area contributed by atoms with E-state index in [-0.39, 0.29) is 10.6 Å². The van der Waals surface area contributed by atoms with Crippen molar-refractivity contribution in [3.8, 4) is 0 Å². The van der Waals surface area contributed by atoms with Crippen molar-refractivity contribution in [2.75, 3.05) is 4.90 Å². The SMILES string of the molecule is Cc1ccc(C2=C(Cl)C(=O)N(c3cccc(Cl)c3C)C2=O)c(C)c1. The maximum Gasteiger partial charge on any atom is 0.277 e. The Balaban J connectivity index is 2.13. The van der Waals surface area contributed by atoms with Crippen LogP contribution >= 0.6 is 23.2 Å². The molecule has 2 aromatic carbocycles. The van der Waals surface area contributed by atoms with Crippen LogP contribution in [0.5, 0.6) is 0 Å². The third kappa shape index (κ3) is 2.54. The number of rotatable bonds is 2. The van der Waals surface area contributed by atoms with Crippen LogP contribution in [0.4, 0.5) is 5.69 Å². The van der Waals surface area contributed by atoms with Gasteiger partial charge in [0.2, 0.25) is 0 Å². The van der Waals surface area contributed by atoms with Gasteiger partial charge in [-0.2, -0.15) is 0 Å². The molecule has 0 fully saturated rings. The van der Waals surface area contributed by atoms with Crippen LogP contribution < -0.4 is 4.90 Å². The van der Waals surface area contributed by atoms with Crippen LogP contribution in [0.1, 0.15) is 22.3 Å². The first-order valence-electron chi connectivity index (χ1n) is 7.44. The normalized spacial score (nSPS) is 14.8. The van der Waals surface area contributed by atoms with Gasteiger partial charge in [-0.15, -0.1) is 0 Å². The molecule has 0 atom stereocenters. The van der Waals surface area contributed by atoms with Crippen molar-refractivity contribution >= 4 is 46.3 Å². The number of halogens is 2. The van der Waals surface area contributed by atoms with E-state index in [4.69, 9.17) is 23.2 Å². The molecule has 0 aromatic heterocycles. The summed E-state index contributed by atoms with van der Waals surface area (Å²) in [4.78, 5) is 26.7. The highest BCUT2D eigenvalue weighted by atomic mass is 35.5. The molecule has 0 radical (unpaired) electrons. The number of hydrogen-bond donors (Lipinski definition) is 0. The van der Waals surface area contributed by atoms with Crippen molar-refractivity contribution in [1.29, 1.82) is 0 Å². The number of carbonyl (C=O) groups excluding carboxylic acids is 2. The van der Waals surface area contributed by atoms with Crippen LogP contribution in [0.25, 0.3) is 5.57 Å². The van der Waals surface area contributed by atoms with Gasteiger partial charge < -0.3 is 0 Å². The highest BCUT2D eigenvalue weighted by molar-refractivity contribution is 6.60. The largest absolute Gasteiger partial charge is 0.277 e. The first kappa shape index (κ1) is 16.7. The summed E-state index contributed by atoms with van der Waals surface area (Å²) in [5.74, 6) is -0.954. The fourth-order valence-corrected chi connectivity index (χ4v) is 3.32. The topological polar surface area (TPSA) is 37.4 Å². The van der Waals surface area contributed by atoms with E-state index >= 15 is 0 Å². The molecule has 1 heterocycles. The Labute approximate surface area is 150 Å². The lowest BCUT2D eigenvalue weighted by Crippen LogP contribution is -2.31. The predicted octanol–water partition coefficient (Wildman–Crippen LogP) is 4.79. The molecule has 0 spiro atoms. The second kappa shape index (κ2) is 6.08. The molecule has 0 saturated carbocycles. The average Bonchev–Trinajstić information content (AvgIpc) is 2.74. The van der Waals surface area contributed by atoms with Gasteiger partial charge in [0.25, 0.3) is 11.8 Å². The van der Waals surface area contributed by atoms with Gasteiger partial charge in [-0.25, -0.2) is 4.90 Å². The van der Waals surface area contributed by atoms with Gasteiger partial charge in [-0.3, -0.25) is 9.59 Å². The molecule has 5 heteroatoms. The highest BCUT2D eigenvalue weighted by Crippen LogP contribution is 2.38. The Morgan fingerprint density at radius 3 is 2.29 bits per heavy atom. The van der Waals surface area contributed by atoms with Gasteiger partial charge in [0.1, 0.15) is 5.03 Å². The molecular formula is C19H15Cl2NO2. The van der Waals surface area contributed by atoms with Gasteiger partial charge >= 0.3 is 0 Å². The van der Waals surface area contributed by atoms with Crippen LogP contribution in [0.3, 0.4) is 0 Å². The van der Waals surface area contributed by atoms with E-state index in [0.29, 0.717) is 21.8 Å². The number of imide groups is 1. The minimum Gasteiger partial charge on any atom is -0.268 e. The van der Waals surface area contributed by atoms with Crippen LogP contribution in [0.15, 0.2) is 41.4 Å². The standard InChI is InChI=1S/C19H15Cl2NO2/c1-10-7-8-13(11(2)9-10)16-17(21)19(24)22(18(16)23)15-6-4-5-14(20)12(15)3/h4-9H,1-3H3. The smallest absolute Gasteiger partial charge is 0.268 e. The quantitative estimate of drug-likeness (QED) is 0.723. The maximum absolute atomic E-state index is 12.9. The zero-order valence-corrected chi connectivity index (χ0v) is 15.0. The first-order chi connectivity index (χ1) is 11.3. The molecule has 0 saturated heterocycles. The Hall–Kier alpha value is -2.10. The van der Waals surface area contributed by atoms with E-state index in [1.165, 1.54) is 0 Å². The molecule has 2 amide bonds. The zero-order chi connectivity index (χ0) is 17.6. The molecule has 0 aliphatic carbocycles. The zero-order valence-electron chi connectivity index (χ0n) is 13.5. The van der Waals surface area contributed by atoms with Gasteiger partial charge in [0, 0.05) is 5.02 Å². The molecule has 24 heavy (non-hydrogen) atoms. The molecule has 3 rings (SSSR count). The molecule has 0 N–H and O–H groups in total. The number of carbonyl (C=O) groups is 2. The van der Waals surface area contributed by atoms with Crippen molar-refractivity contribution in [2.24, 2.45) is 0 Å². The van der Waals surface area contributed by atoms with Gasteiger partial charge in [0.05, 0.1) is 11.3 Å². The van der Waals surface area contributed by atoms with Crippen molar-refractivity contribution in [1.82, 2.24) is 0 Å². The summed E-state index contributed by atoms with van der Waals surface area (Å²) in [6.45, 7) is 5.63. The van der Waals surface area contributed by atoms with Crippen LogP contribution in [-0.2, 0) is 9.59 Å². The Kier molecular flexibility index (Phi) is 4.24. The lowest BCUT2D eigenvalue weighted by Gasteiger charge is -2.18. The fourth-order valence-electron chi connectivity index (χ4n) is 2.89. The maximum atomic E-state index is 12.9. The monoisotopic (exact) mass is 359 g/mol. The fraction of sp³-hybridized carbons (Fsp3) is 0.158. The van der Waals surface area contributed by atoms with E-state index in [0.717, 1.165) is 16.0 Å². The van der Waals surface area contributed by atoms with E-state index in [1.54, 1.807) is 25.1 Å². The molecule has 122 valence electrons. The van der Waals surface area contributed by atoms with Crippen molar-refractivity contribution in [3.05, 3.63) is 68.7 Å². The lowest BCUT2D eigenvalue weighted by molar-refractivity contribution is -0.119. The minimum absolute atomic E-state index is 0.0636. The average molecular weight is 360 g/mol. The molecule has 1 aliphatic rings. The van der Waals surface area contributed by atoms with E-state index in [1.807, 2.05) is 32.0 Å². The predicted molar refractivity (Wildman–Crippen MR) is 97.4 cm³/mol. The second-order valence-corrected chi connectivity index (χ2v) is 6.62. The van der Waals surface area contributed by atoms with Gasteiger partial charge in [-0.1, -0.05) is 53.0 Å². The van der Waals surface area contributed by atoms with Crippen molar-refractivity contribution < 1.29 is 9.59 Å². The van der Waals surface area contributed by atoms with Crippen LogP contribution in [0, 0.1) is 20.8 Å². The van der Waals surface area contributed by atoms with Crippen LogP contribution in [-0.4, -0.2) is 11.8 Å². The van der Waals surface area contributed by atoms with E-state index in [2.05, 4.69) is 0 Å². The number of benzene rings is 2. The Morgan fingerprint density at radius 2 is 1.62 bits per heavy atom. The summed E-state index contributed by atoms with van der Waals surface area (Å²) < 4.78 is 0. The van der Waals surface area contributed by atoms with E-state index < -0.39 is 11.8 Å². The summed E-state index contributed by atoms with van der Waals surface area (Å²) in [7, 11) is 0. The van der Waals surface area contributed by atoms with Crippen molar-refractivity contribution in [2.45, 2.75) is 20.8 Å². The molecule has 0 bridgehead atoms. The molecule has 2 aromatic rings. The molecule has 0 unspecified atom stereocenters. The number of anilines is 1. The number of aryl methyl sites for hydroxylation is 2.